The molecule has 0 saturated carbocycles. The summed E-state index contributed by atoms with van der Waals surface area (Å²) in [5.41, 5.74) is 5.91. The molecule has 3 aromatic carbocycles. The summed E-state index contributed by atoms with van der Waals surface area (Å²) in [5, 5.41) is 12.4. The van der Waals surface area contributed by atoms with E-state index in [-0.39, 0.29) is 23.9 Å². The van der Waals surface area contributed by atoms with Crippen LogP contribution in [0.3, 0.4) is 0 Å². The van der Waals surface area contributed by atoms with E-state index in [1.807, 2.05) is 84.9 Å². The van der Waals surface area contributed by atoms with E-state index < -0.39 is 0 Å². The molecule has 0 N–H and O–H groups in total. The van der Waals surface area contributed by atoms with Crippen LogP contribution in [0.15, 0.2) is 95.1 Å². The van der Waals surface area contributed by atoms with E-state index >= 15 is 0 Å². The lowest BCUT2D eigenvalue weighted by Gasteiger charge is -2.23. The molecule has 0 radical (unpaired) electrons. The Labute approximate surface area is 199 Å². The first-order chi connectivity index (χ1) is 16.5. The highest BCUT2D eigenvalue weighted by molar-refractivity contribution is 6.03. The minimum Gasteiger partial charge on any atom is -0.273 e. The number of carbonyl (C=O) groups is 2. The number of nitrogens with zero attached hydrogens (tertiary/aromatic N) is 4. The Kier molecular flexibility index (Phi) is 5.80. The molecule has 6 heteroatoms. The van der Waals surface area contributed by atoms with Gasteiger partial charge in [0.1, 0.15) is 0 Å². The third-order valence-electron chi connectivity index (χ3n) is 6.39. The smallest absolute Gasteiger partial charge is 0.240 e. The predicted octanol–water partition coefficient (Wildman–Crippen LogP) is 5.08. The first kappa shape index (κ1) is 21.8. The van der Waals surface area contributed by atoms with Gasteiger partial charge in [-0.3, -0.25) is 9.59 Å². The van der Waals surface area contributed by atoms with Gasteiger partial charge in [0.2, 0.25) is 11.8 Å². The van der Waals surface area contributed by atoms with Gasteiger partial charge in [-0.1, -0.05) is 84.9 Å². The number of benzene rings is 3. The quantitative estimate of drug-likeness (QED) is 0.556. The van der Waals surface area contributed by atoms with E-state index in [4.69, 9.17) is 0 Å². The van der Waals surface area contributed by atoms with Gasteiger partial charge in [0, 0.05) is 26.7 Å². The van der Waals surface area contributed by atoms with Gasteiger partial charge in [0.15, 0.2) is 0 Å². The van der Waals surface area contributed by atoms with E-state index in [0.717, 1.165) is 33.7 Å². The maximum atomic E-state index is 12.3. The highest BCUT2D eigenvalue weighted by Crippen LogP contribution is 2.36. The first-order valence-electron chi connectivity index (χ1n) is 11.5. The zero-order valence-electron chi connectivity index (χ0n) is 19.3. The van der Waals surface area contributed by atoms with Gasteiger partial charge in [0.05, 0.1) is 23.5 Å². The second-order valence-corrected chi connectivity index (χ2v) is 8.66. The van der Waals surface area contributed by atoms with Gasteiger partial charge in [-0.2, -0.15) is 10.2 Å². The number of hydrogen-bond donors (Lipinski definition) is 0. The molecule has 2 aliphatic rings. The van der Waals surface area contributed by atoms with E-state index in [1.165, 1.54) is 0 Å². The van der Waals surface area contributed by atoms with Crippen molar-refractivity contribution in [3.63, 3.8) is 0 Å². The summed E-state index contributed by atoms with van der Waals surface area (Å²) in [5.74, 6) is -0.168. The maximum Gasteiger partial charge on any atom is 0.240 e. The van der Waals surface area contributed by atoms with Crippen LogP contribution >= 0.6 is 0 Å². The molecule has 5 rings (SSSR count). The normalized spacial score (nSPS) is 19.7. The van der Waals surface area contributed by atoms with Crippen LogP contribution in [0, 0.1) is 0 Å². The summed E-state index contributed by atoms with van der Waals surface area (Å²) in [6.07, 6.45) is 1.32. The van der Waals surface area contributed by atoms with E-state index in [1.54, 1.807) is 23.9 Å². The molecule has 2 aliphatic heterocycles. The molecule has 0 fully saturated rings. The van der Waals surface area contributed by atoms with Gasteiger partial charge < -0.3 is 0 Å². The molecule has 34 heavy (non-hydrogen) atoms. The third kappa shape index (κ3) is 4.15. The summed E-state index contributed by atoms with van der Waals surface area (Å²) >= 11 is 0. The maximum absolute atomic E-state index is 12.3. The van der Waals surface area contributed by atoms with Crippen molar-refractivity contribution in [3.05, 3.63) is 107 Å². The topological polar surface area (TPSA) is 65.3 Å². The second-order valence-electron chi connectivity index (χ2n) is 8.66. The molecule has 2 amide bonds. The Bertz CT molecular complexity index is 1170. The molecule has 0 aliphatic carbocycles. The van der Waals surface area contributed by atoms with Crippen LogP contribution in [0.2, 0.25) is 0 Å². The van der Waals surface area contributed by atoms with Crippen LogP contribution in [0.1, 0.15) is 61.0 Å². The molecule has 2 heterocycles. The third-order valence-corrected chi connectivity index (χ3v) is 6.39. The summed E-state index contributed by atoms with van der Waals surface area (Å²) < 4.78 is 0. The van der Waals surface area contributed by atoms with Crippen molar-refractivity contribution in [2.45, 2.75) is 38.8 Å². The van der Waals surface area contributed by atoms with Gasteiger partial charge in [-0.05, 0) is 22.3 Å². The average molecular weight is 451 g/mol. The van der Waals surface area contributed by atoms with E-state index in [0.29, 0.717) is 12.8 Å². The molecule has 0 aromatic heterocycles. The van der Waals surface area contributed by atoms with Crippen LogP contribution in [0.25, 0.3) is 0 Å². The van der Waals surface area contributed by atoms with Crippen LogP contribution in [0.4, 0.5) is 0 Å². The summed E-state index contributed by atoms with van der Waals surface area (Å²) in [4.78, 5) is 24.7. The Hall–Kier alpha value is -4.06. The lowest BCUT2D eigenvalue weighted by molar-refractivity contribution is -0.131. The van der Waals surface area contributed by atoms with Crippen molar-refractivity contribution in [2.24, 2.45) is 10.2 Å². The van der Waals surface area contributed by atoms with Crippen molar-refractivity contribution < 1.29 is 9.59 Å². The SMILES string of the molecule is CC(=O)N1N=C(c2ccccc2)CC1c1ccc(C2CC(c3ccccc3)=NN2C(C)=O)cc1. The van der Waals surface area contributed by atoms with Gasteiger partial charge in [-0.15, -0.1) is 0 Å². The monoisotopic (exact) mass is 450 g/mol. The zero-order chi connectivity index (χ0) is 23.7. The highest BCUT2D eigenvalue weighted by Gasteiger charge is 2.33. The number of carbonyl (C=O) groups excluding carboxylic acids is 2. The van der Waals surface area contributed by atoms with Crippen molar-refractivity contribution in [3.8, 4) is 0 Å². The molecule has 0 spiro atoms. The fourth-order valence-corrected chi connectivity index (χ4v) is 4.67. The standard InChI is InChI=1S/C28H26N4O2/c1-19(33)31-27(17-25(29-31)21-9-5-3-6-10-21)23-13-15-24(16-14-23)28-18-26(30-32(28)20(2)34)22-11-7-4-8-12-22/h3-16,27-28H,17-18H2,1-2H3. The van der Waals surface area contributed by atoms with Crippen molar-refractivity contribution in [1.29, 1.82) is 0 Å². The molecular formula is C28H26N4O2. The molecule has 0 bridgehead atoms. The minimum atomic E-state index is -0.148. The fraction of sp³-hybridized carbons (Fsp3) is 0.214. The van der Waals surface area contributed by atoms with E-state index in [2.05, 4.69) is 10.2 Å². The highest BCUT2D eigenvalue weighted by atomic mass is 16.2. The summed E-state index contributed by atoms with van der Waals surface area (Å²) in [7, 11) is 0. The van der Waals surface area contributed by atoms with Gasteiger partial charge in [0.25, 0.3) is 0 Å². The lowest BCUT2D eigenvalue weighted by atomic mass is 9.94. The average Bonchev–Trinajstić information content (AvgIpc) is 3.51. The van der Waals surface area contributed by atoms with Crippen molar-refractivity contribution in [1.82, 2.24) is 10.0 Å². The Morgan fingerprint density at radius 1 is 0.618 bits per heavy atom. The second kappa shape index (κ2) is 9.06. The van der Waals surface area contributed by atoms with Gasteiger partial charge >= 0.3 is 0 Å². The molecule has 0 saturated heterocycles. The van der Waals surface area contributed by atoms with Crippen LogP contribution in [-0.4, -0.2) is 33.3 Å². The summed E-state index contributed by atoms with van der Waals surface area (Å²) in [6, 6.07) is 27.8. The van der Waals surface area contributed by atoms with Crippen LogP contribution in [-0.2, 0) is 9.59 Å². The molecule has 2 unspecified atom stereocenters. The zero-order valence-corrected chi connectivity index (χ0v) is 19.3. The largest absolute Gasteiger partial charge is 0.273 e. The molecule has 170 valence electrons. The molecule has 6 nitrogen and oxygen atoms in total. The van der Waals surface area contributed by atoms with Crippen LogP contribution in [0.5, 0.6) is 0 Å². The first-order valence-corrected chi connectivity index (χ1v) is 11.5. The van der Waals surface area contributed by atoms with Crippen molar-refractivity contribution >= 4 is 23.2 Å². The van der Waals surface area contributed by atoms with E-state index in [9.17, 15) is 9.59 Å². The number of amides is 2. The predicted molar refractivity (Wildman–Crippen MR) is 132 cm³/mol. The summed E-state index contributed by atoms with van der Waals surface area (Å²) in [6.45, 7) is 3.09. The van der Waals surface area contributed by atoms with Crippen LogP contribution < -0.4 is 0 Å². The number of hydrazone groups is 2. The molecule has 2 atom stereocenters. The molecule has 3 aromatic rings. The Morgan fingerprint density at radius 2 is 0.971 bits per heavy atom. The molecular weight excluding hydrogens is 424 g/mol. The van der Waals surface area contributed by atoms with Crippen molar-refractivity contribution in [2.75, 3.05) is 0 Å². The Balaban J connectivity index is 1.38. The minimum absolute atomic E-state index is 0.0838. The lowest BCUT2D eigenvalue weighted by Crippen LogP contribution is -2.25. The number of hydrogen-bond acceptors (Lipinski definition) is 4. The number of rotatable bonds is 4. The fourth-order valence-electron chi connectivity index (χ4n) is 4.67. The Morgan fingerprint density at radius 3 is 1.29 bits per heavy atom. The van der Waals surface area contributed by atoms with Gasteiger partial charge in [-0.25, -0.2) is 10.0 Å².